The molecule has 0 aromatic carbocycles. The third-order valence-electron chi connectivity index (χ3n) is 4.30. The van der Waals surface area contributed by atoms with Gasteiger partial charge in [0, 0.05) is 19.2 Å². The van der Waals surface area contributed by atoms with E-state index in [0.29, 0.717) is 11.8 Å². The van der Waals surface area contributed by atoms with E-state index in [-0.39, 0.29) is 22.5 Å². The summed E-state index contributed by atoms with van der Waals surface area (Å²) in [5.41, 5.74) is 0. The van der Waals surface area contributed by atoms with Gasteiger partial charge >= 0.3 is 0 Å². The van der Waals surface area contributed by atoms with E-state index in [2.05, 4.69) is 10.4 Å². The molecule has 2 atom stereocenters. The molecule has 0 bridgehead atoms. The molecule has 0 radical (unpaired) electrons. The Kier molecular flexibility index (Phi) is 3.09. The van der Waals surface area contributed by atoms with Crippen molar-refractivity contribution in [3.05, 3.63) is 6.20 Å². The molecule has 20 heavy (non-hydrogen) atoms. The zero-order valence-electron chi connectivity index (χ0n) is 11.2. The second-order valence-corrected chi connectivity index (χ2v) is 7.22. The van der Waals surface area contributed by atoms with Crippen LogP contribution in [0.25, 0.3) is 0 Å². The zero-order chi connectivity index (χ0) is 14.5. The summed E-state index contributed by atoms with van der Waals surface area (Å²) >= 11 is 0. The molecule has 2 aliphatic carbocycles. The second-order valence-electron chi connectivity index (χ2n) is 5.69. The van der Waals surface area contributed by atoms with Crippen LogP contribution in [0.4, 0.5) is 5.82 Å². The molecule has 110 valence electrons. The standard InChI is InChI=1S/C12H18N4O3S/c1-16-6-9(20(13,18)19)11(15-16)14-12(17)10-7-4-2-3-5-8(7)10/h6-8,10H,2-5H2,1H3,(H2,13,18,19)(H,14,15,17). The molecule has 7 nitrogen and oxygen atoms in total. The Morgan fingerprint density at radius 3 is 2.55 bits per heavy atom. The Balaban J connectivity index is 1.77. The van der Waals surface area contributed by atoms with Crippen LogP contribution in [-0.2, 0) is 21.9 Å². The number of hydrogen-bond donors (Lipinski definition) is 2. The summed E-state index contributed by atoms with van der Waals surface area (Å²) in [5.74, 6) is 0.831. The van der Waals surface area contributed by atoms with Gasteiger partial charge in [0.15, 0.2) is 5.82 Å². The lowest BCUT2D eigenvalue weighted by molar-refractivity contribution is -0.117. The Morgan fingerprint density at radius 1 is 1.40 bits per heavy atom. The zero-order valence-corrected chi connectivity index (χ0v) is 12.1. The van der Waals surface area contributed by atoms with Gasteiger partial charge in [0.2, 0.25) is 15.9 Å². The molecule has 8 heteroatoms. The maximum Gasteiger partial charge on any atom is 0.243 e. The molecule has 1 heterocycles. The molecule has 0 saturated heterocycles. The van der Waals surface area contributed by atoms with Crippen molar-refractivity contribution in [2.24, 2.45) is 29.9 Å². The summed E-state index contributed by atoms with van der Waals surface area (Å²) in [5, 5.41) is 11.7. The van der Waals surface area contributed by atoms with E-state index in [1.807, 2.05) is 0 Å². The normalized spacial score (nSPS) is 28.8. The number of carbonyl (C=O) groups excluding carboxylic acids is 1. The predicted octanol–water partition coefficient (Wildman–Crippen LogP) is 0.442. The van der Waals surface area contributed by atoms with E-state index < -0.39 is 10.0 Å². The first kappa shape index (κ1) is 13.6. The van der Waals surface area contributed by atoms with Gasteiger partial charge in [-0.25, -0.2) is 13.6 Å². The lowest BCUT2D eigenvalue weighted by Gasteiger charge is -2.04. The first-order chi connectivity index (χ1) is 9.38. The van der Waals surface area contributed by atoms with E-state index in [0.717, 1.165) is 12.8 Å². The molecule has 0 aliphatic heterocycles. The SMILES string of the molecule is Cn1cc(S(N)(=O)=O)c(NC(=O)C2C3CCCCC32)n1. The van der Waals surface area contributed by atoms with Crippen LogP contribution >= 0.6 is 0 Å². The van der Waals surface area contributed by atoms with Gasteiger partial charge in [0.05, 0.1) is 0 Å². The van der Waals surface area contributed by atoms with Gasteiger partial charge in [0.1, 0.15) is 4.90 Å². The van der Waals surface area contributed by atoms with Crippen molar-refractivity contribution < 1.29 is 13.2 Å². The number of carbonyl (C=O) groups is 1. The van der Waals surface area contributed by atoms with Gasteiger partial charge in [-0.1, -0.05) is 12.8 Å². The summed E-state index contributed by atoms with van der Waals surface area (Å²) in [4.78, 5) is 12.1. The van der Waals surface area contributed by atoms with Gasteiger partial charge in [-0.05, 0) is 24.7 Å². The van der Waals surface area contributed by atoms with Crippen LogP contribution in [0.2, 0.25) is 0 Å². The highest BCUT2D eigenvalue weighted by molar-refractivity contribution is 7.89. The number of nitrogens with two attached hydrogens (primary N) is 1. The Morgan fingerprint density at radius 2 is 2.00 bits per heavy atom. The lowest BCUT2D eigenvalue weighted by Crippen LogP contribution is -2.19. The molecule has 3 N–H and O–H groups in total. The number of aromatic nitrogens is 2. The molecule has 2 unspecified atom stereocenters. The molecule has 1 amide bonds. The largest absolute Gasteiger partial charge is 0.308 e. The summed E-state index contributed by atoms with van der Waals surface area (Å²) in [7, 11) is -2.30. The fraction of sp³-hybridized carbons (Fsp3) is 0.667. The summed E-state index contributed by atoms with van der Waals surface area (Å²) in [6.07, 6.45) is 5.83. The van der Waals surface area contributed by atoms with Gasteiger partial charge in [0.25, 0.3) is 0 Å². The topological polar surface area (TPSA) is 107 Å². The van der Waals surface area contributed by atoms with E-state index >= 15 is 0 Å². The van der Waals surface area contributed by atoms with Crippen LogP contribution in [0.5, 0.6) is 0 Å². The highest BCUT2D eigenvalue weighted by Gasteiger charge is 2.54. The summed E-state index contributed by atoms with van der Waals surface area (Å²) < 4.78 is 24.2. The minimum Gasteiger partial charge on any atom is -0.308 e. The average molecular weight is 298 g/mol. The number of amides is 1. The number of fused-ring (bicyclic) bond motifs is 1. The minimum absolute atomic E-state index is 0.00725. The quantitative estimate of drug-likeness (QED) is 0.844. The van der Waals surface area contributed by atoms with Crippen molar-refractivity contribution in [1.82, 2.24) is 9.78 Å². The Hall–Kier alpha value is -1.41. The molecular weight excluding hydrogens is 280 g/mol. The molecule has 2 fully saturated rings. The van der Waals surface area contributed by atoms with Crippen molar-refractivity contribution in [2.45, 2.75) is 30.6 Å². The van der Waals surface area contributed by atoms with Crippen LogP contribution in [-0.4, -0.2) is 24.1 Å². The van der Waals surface area contributed by atoms with Crippen LogP contribution in [0.15, 0.2) is 11.1 Å². The number of nitrogens with one attached hydrogen (secondary N) is 1. The predicted molar refractivity (Wildman–Crippen MR) is 72.1 cm³/mol. The molecule has 2 aliphatic rings. The van der Waals surface area contributed by atoms with Crippen molar-refractivity contribution in [3.63, 3.8) is 0 Å². The van der Waals surface area contributed by atoms with Crippen molar-refractivity contribution in [2.75, 3.05) is 5.32 Å². The van der Waals surface area contributed by atoms with E-state index in [4.69, 9.17) is 5.14 Å². The highest BCUT2D eigenvalue weighted by atomic mass is 32.2. The lowest BCUT2D eigenvalue weighted by atomic mass is 10.0. The van der Waals surface area contributed by atoms with E-state index in [1.165, 1.54) is 23.7 Å². The third-order valence-corrected chi connectivity index (χ3v) is 5.21. The number of rotatable bonds is 3. The fourth-order valence-electron chi connectivity index (χ4n) is 3.34. The van der Waals surface area contributed by atoms with Crippen LogP contribution in [0, 0.1) is 17.8 Å². The van der Waals surface area contributed by atoms with Crippen LogP contribution < -0.4 is 10.5 Å². The van der Waals surface area contributed by atoms with Gasteiger partial charge < -0.3 is 5.32 Å². The number of nitrogens with zero attached hydrogens (tertiary/aromatic N) is 2. The first-order valence-electron chi connectivity index (χ1n) is 6.75. The maximum absolute atomic E-state index is 12.2. The minimum atomic E-state index is -3.89. The molecule has 1 aromatic rings. The molecular formula is C12H18N4O3S. The van der Waals surface area contributed by atoms with E-state index in [1.54, 1.807) is 7.05 Å². The number of hydrogen-bond acceptors (Lipinski definition) is 4. The molecule has 1 aromatic heterocycles. The van der Waals surface area contributed by atoms with Crippen molar-refractivity contribution in [1.29, 1.82) is 0 Å². The third kappa shape index (κ3) is 2.33. The fourth-order valence-corrected chi connectivity index (χ4v) is 4.00. The first-order valence-corrected chi connectivity index (χ1v) is 8.30. The number of anilines is 1. The molecule has 0 spiro atoms. The number of aryl methyl sites for hydroxylation is 1. The smallest absolute Gasteiger partial charge is 0.243 e. The monoisotopic (exact) mass is 298 g/mol. The summed E-state index contributed by atoms with van der Waals surface area (Å²) in [6.45, 7) is 0. The van der Waals surface area contributed by atoms with Crippen molar-refractivity contribution >= 4 is 21.7 Å². The highest BCUT2D eigenvalue weighted by Crippen LogP contribution is 2.55. The maximum atomic E-state index is 12.2. The van der Waals surface area contributed by atoms with Gasteiger partial charge in [-0.2, -0.15) is 5.10 Å². The second kappa shape index (κ2) is 4.56. The van der Waals surface area contributed by atoms with Gasteiger partial charge in [-0.15, -0.1) is 0 Å². The Bertz CT molecular complexity index is 640. The van der Waals surface area contributed by atoms with Gasteiger partial charge in [-0.3, -0.25) is 9.48 Å². The Labute approximate surface area is 117 Å². The average Bonchev–Trinajstić information content (AvgIpc) is 2.97. The number of primary sulfonamides is 1. The van der Waals surface area contributed by atoms with Crippen LogP contribution in [0.3, 0.4) is 0 Å². The summed E-state index contributed by atoms with van der Waals surface area (Å²) in [6, 6.07) is 0. The van der Waals surface area contributed by atoms with Crippen LogP contribution in [0.1, 0.15) is 25.7 Å². The molecule has 3 rings (SSSR count). The molecule has 2 saturated carbocycles. The number of sulfonamides is 1. The van der Waals surface area contributed by atoms with E-state index in [9.17, 15) is 13.2 Å². The van der Waals surface area contributed by atoms with Crippen molar-refractivity contribution in [3.8, 4) is 0 Å².